The Morgan fingerprint density at radius 1 is 0.897 bits per heavy atom. The summed E-state index contributed by atoms with van der Waals surface area (Å²) in [7, 11) is 0. The van der Waals surface area contributed by atoms with Crippen molar-refractivity contribution < 1.29 is 4.79 Å². The minimum atomic E-state index is -0.436. The van der Waals surface area contributed by atoms with Gasteiger partial charge >= 0.3 is 0 Å². The quantitative estimate of drug-likeness (QED) is 0.518. The zero-order valence-electron chi connectivity index (χ0n) is 15.3. The Hall–Kier alpha value is -4.26. The number of pyridine rings is 2. The number of fused-ring (bicyclic) bond motifs is 1. The van der Waals surface area contributed by atoms with Gasteiger partial charge in [0.2, 0.25) is 5.91 Å². The van der Waals surface area contributed by atoms with Crippen molar-refractivity contribution >= 4 is 11.6 Å². The van der Waals surface area contributed by atoms with Crippen LogP contribution in [0.5, 0.6) is 0 Å². The minimum absolute atomic E-state index is 0.436. The first-order valence-corrected chi connectivity index (χ1v) is 9.03. The van der Waals surface area contributed by atoms with Gasteiger partial charge in [0.15, 0.2) is 5.82 Å². The molecular formula is C22H16N6O. The molecule has 0 atom stereocenters. The SMILES string of the molecule is NC(=O)c1ccc(-c2ccc3ncc(-c4ccnc(-n5cccn5)c4)n3c2)cc1. The molecule has 5 aromatic rings. The van der Waals surface area contributed by atoms with Crippen LogP contribution >= 0.6 is 0 Å². The van der Waals surface area contributed by atoms with Crippen molar-refractivity contribution in [1.82, 2.24) is 24.1 Å². The number of nitrogens with two attached hydrogens (primary N) is 1. The van der Waals surface area contributed by atoms with Crippen molar-refractivity contribution in [1.29, 1.82) is 0 Å². The molecule has 0 unspecified atom stereocenters. The molecule has 0 bridgehead atoms. The summed E-state index contributed by atoms with van der Waals surface area (Å²) in [6, 6.07) is 17.0. The van der Waals surface area contributed by atoms with E-state index in [2.05, 4.69) is 15.1 Å². The van der Waals surface area contributed by atoms with Gasteiger partial charge in [-0.1, -0.05) is 12.1 Å². The third kappa shape index (κ3) is 3.04. The molecule has 7 nitrogen and oxygen atoms in total. The lowest BCUT2D eigenvalue weighted by Crippen LogP contribution is -2.10. The van der Waals surface area contributed by atoms with Gasteiger partial charge in [0.1, 0.15) is 5.65 Å². The van der Waals surface area contributed by atoms with E-state index in [9.17, 15) is 4.79 Å². The highest BCUT2D eigenvalue weighted by Gasteiger charge is 2.10. The van der Waals surface area contributed by atoms with E-state index >= 15 is 0 Å². The van der Waals surface area contributed by atoms with Crippen LogP contribution in [0.2, 0.25) is 0 Å². The highest BCUT2D eigenvalue weighted by atomic mass is 16.1. The second-order valence-corrected chi connectivity index (χ2v) is 6.58. The highest BCUT2D eigenvalue weighted by molar-refractivity contribution is 5.93. The average molecular weight is 380 g/mol. The number of primary amides is 1. The number of aromatic nitrogens is 5. The van der Waals surface area contributed by atoms with Gasteiger partial charge in [-0.05, 0) is 53.6 Å². The molecule has 4 aromatic heterocycles. The summed E-state index contributed by atoms with van der Waals surface area (Å²) in [5.74, 6) is 0.301. The summed E-state index contributed by atoms with van der Waals surface area (Å²) in [6.45, 7) is 0. The molecule has 29 heavy (non-hydrogen) atoms. The third-order valence-electron chi connectivity index (χ3n) is 4.79. The third-order valence-corrected chi connectivity index (χ3v) is 4.79. The Labute approximate surface area is 166 Å². The van der Waals surface area contributed by atoms with Crippen LogP contribution < -0.4 is 5.73 Å². The van der Waals surface area contributed by atoms with Crippen molar-refractivity contribution in [3.8, 4) is 28.2 Å². The lowest BCUT2D eigenvalue weighted by atomic mass is 10.1. The van der Waals surface area contributed by atoms with Crippen LogP contribution in [0, 0.1) is 0 Å². The molecule has 0 aliphatic carbocycles. The van der Waals surface area contributed by atoms with Crippen LogP contribution in [0.4, 0.5) is 0 Å². The van der Waals surface area contributed by atoms with Crippen LogP contribution in [0.25, 0.3) is 33.8 Å². The molecule has 4 heterocycles. The number of hydrogen-bond donors (Lipinski definition) is 1. The second-order valence-electron chi connectivity index (χ2n) is 6.58. The van der Waals surface area contributed by atoms with Gasteiger partial charge in [0, 0.05) is 35.9 Å². The normalized spacial score (nSPS) is 11.0. The monoisotopic (exact) mass is 380 g/mol. The molecule has 0 saturated heterocycles. The van der Waals surface area contributed by atoms with Crippen LogP contribution in [0.15, 0.2) is 85.6 Å². The number of benzene rings is 1. The molecule has 1 aromatic carbocycles. The number of rotatable bonds is 4. The molecule has 0 radical (unpaired) electrons. The molecule has 0 fully saturated rings. The van der Waals surface area contributed by atoms with Crippen molar-refractivity contribution in [2.75, 3.05) is 0 Å². The first-order valence-electron chi connectivity index (χ1n) is 9.03. The van der Waals surface area contributed by atoms with E-state index in [0.29, 0.717) is 5.56 Å². The van der Waals surface area contributed by atoms with E-state index in [1.165, 1.54) is 0 Å². The summed E-state index contributed by atoms with van der Waals surface area (Å²) >= 11 is 0. The lowest BCUT2D eigenvalue weighted by molar-refractivity contribution is 0.100. The number of hydrogen-bond acceptors (Lipinski definition) is 4. The van der Waals surface area contributed by atoms with Gasteiger partial charge < -0.3 is 5.73 Å². The molecule has 0 aliphatic rings. The minimum Gasteiger partial charge on any atom is -0.366 e. The van der Waals surface area contributed by atoms with E-state index in [4.69, 9.17) is 5.73 Å². The zero-order valence-corrected chi connectivity index (χ0v) is 15.3. The predicted molar refractivity (Wildman–Crippen MR) is 109 cm³/mol. The van der Waals surface area contributed by atoms with E-state index in [-0.39, 0.29) is 0 Å². The van der Waals surface area contributed by atoms with Crippen LogP contribution in [-0.4, -0.2) is 30.1 Å². The van der Waals surface area contributed by atoms with E-state index in [1.807, 2.05) is 65.5 Å². The number of carbonyl (C=O) groups excluding carboxylic acids is 1. The Kier molecular flexibility index (Phi) is 3.91. The molecule has 2 N–H and O–H groups in total. The number of carbonyl (C=O) groups is 1. The summed E-state index contributed by atoms with van der Waals surface area (Å²) in [5.41, 5.74) is 10.6. The summed E-state index contributed by atoms with van der Waals surface area (Å²) in [6.07, 6.45) is 9.22. The van der Waals surface area contributed by atoms with E-state index in [0.717, 1.165) is 33.8 Å². The molecule has 0 saturated carbocycles. The topological polar surface area (TPSA) is 91.1 Å². The van der Waals surface area contributed by atoms with Crippen molar-refractivity contribution in [2.24, 2.45) is 5.73 Å². The Morgan fingerprint density at radius 3 is 2.48 bits per heavy atom. The summed E-state index contributed by atoms with van der Waals surface area (Å²) in [5, 5.41) is 4.24. The summed E-state index contributed by atoms with van der Waals surface area (Å²) in [4.78, 5) is 20.2. The van der Waals surface area contributed by atoms with Gasteiger partial charge in [-0.15, -0.1) is 0 Å². The molecular weight excluding hydrogens is 364 g/mol. The number of imidazole rings is 1. The first-order chi connectivity index (χ1) is 14.2. The highest BCUT2D eigenvalue weighted by Crippen LogP contribution is 2.26. The molecule has 0 spiro atoms. The van der Waals surface area contributed by atoms with Gasteiger partial charge in [-0.3, -0.25) is 9.20 Å². The smallest absolute Gasteiger partial charge is 0.248 e. The van der Waals surface area contributed by atoms with Crippen LogP contribution in [0.3, 0.4) is 0 Å². The zero-order chi connectivity index (χ0) is 19.8. The maximum atomic E-state index is 11.3. The molecule has 0 aliphatic heterocycles. The van der Waals surface area contributed by atoms with Crippen molar-refractivity contribution in [2.45, 2.75) is 0 Å². The fourth-order valence-electron chi connectivity index (χ4n) is 3.30. The standard InChI is InChI=1S/C22H16N6O/c23-22(29)16-4-2-15(3-5-16)18-6-7-20-25-13-19(27(20)14-18)17-8-10-24-21(12-17)28-11-1-9-26-28/h1-14H,(H2,23,29). The number of amides is 1. The van der Waals surface area contributed by atoms with Gasteiger partial charge in [0.05, 0.1) is 11.9 Å². The van der Waals surface area contributed by atoms with Gasteiger partial charge in [-0.25, -0.2) is 14.6 Å². The van der Waals surface area contributed by atoms with Crippen molar-refractivity contribution in [3.05, 3.63) is 91.1 Å². The van der Waals surface area contributed by atoms with E-state index < -0.39 is 5.91 Å². The molecule has 5 rings (SSSR count). The van der Waals surface area contributed by atoms with Crippen LogP contribution in [-0.2, 0) is 0 Å². The summed E-state index contributed by atoms with van der Waals surface area (Å²) < 4.78 is 3.76. The molecule has 140 valence electrons. The maximum Gasteiger partial charge on any atom is 0.248 e. The van der Waals surface area contributed by atoms with Crippen molar-refractivity contribution in [3.63, 3.8) is 0 Å². The Morgan fingerprint density at radius 2 is 1.72 bits per heavy atom. The Balaban J connectivity index is 1.58. The Bertz CT molecular complexity index is 1320. The molecule has 1 amide bonds. The lowest BCUT2D eigenvalue weighted by Gasteiger charge is -2.08. The predicted octanol–water partition coefficient (Wildman–Crippen LogP) is 3.35. The first kappa shape index (κ1) is 16.9. The van der Waals surface area contributed by atoms with E-state index in [1.54, 1.807) is 29.2 Å². The number of nitrogens with zero attached hydrogens (tertiary/aromatic N) is 5. The maximum absolute atomic E-state index is 11.3. The fraction of sp³-hybridized carbons (Fsp3) is 0. The average Bonchev–Trinajstić information content (AvgIpc) is 3.44. The van der Waals surface area contributed by atoms with Crippen LogP contribution in [0.1, 0.15) is 10.4 Å². The fourth-order valence-corrected chi connectivity index (χ4v) is 3.30. The molecule has 7 heteroatoms. The largest absolute Gasteiger partial charge is 0.366 e. The second kappa shape index (κ2) is 6.72. The van der Waals surface area contributed by atoms with Gasteiger partial charge in [0.25, 0.3) is 0 Å². The van der Waals surface area contributed by atoms with Gasteiger partial charge in [-0.2, -0.15) is 5.10 Å².